The number of hydrogen-bond donors (Lipinski definition) is 0. The summed E-state index contributed by atoms with van der Waals surface area (Å²) >= 11 is 5.69. The molecule has 6 heteroatoms. The number of allylic oxidation sites excluding steroid dienone is 2. The van der Waals surface area contributed by atoms with Crippen molar-refractivity contribution in [1.82, 2.24) is 0 Å². The van der Waals surface area contributed by atoms with Gasteiger partial charge in [0.25, 0.3) is 5.54 Å². The molecule has 0 N–H and O–H groups in total. The quantitative estimate of drug-likeness (QED) is 0.412. The molecule has 5 nitrogen and oxygen atoms in total. The fourth-order valence-corrected chi connectivity index (χ4v) is 1.39. The highest BCUT2D eigenvalue weighted by molar-refractivity contribution is 6.31. The molecule has 2 unspecified atom stereocenters. The summed E-state index contributed by atoms with van der Waals surface area (Å²) in [5.74, 6) is -0.580. The molecule has 0 saturated heterocycles. The summed E-state index contributed by atoms with van der Waals surface area (Å²) in [4.78, 5) is 21.2. The molecule has 0 spiro atoms. The molecule has 1 aliphatic rings. The summed E-state index contributed by atoms with van der Waals surface area (Å²) in [5, 5.41) is 11.2. The molecule has 0 heterocycles. The molecule has 0 radical (unpaired) electrons. The van der Waals surface area contributed by atoms with Gasteiger partial charge in [-0.25, -0.2) is 0 Å². The summed E-state index contributed by atoms with van der Waals surface area (Å²) < 4.78 is 4.85. The van der Waals surface area contributed by atoms with Crippen LogP contribution in [0.15, 0.2) is 23.3 Å². The van der Waals surface area contributed by atoms with E-state index in [9.17, 15) is 14.9 Å². The van der Waals surface area contributed by atoms with Crippen molar-refractivity contribution in [2.24, 2.45) is 0 Å². The maximum atomic E-state index is 10.9. The fraction of sp³-hybridized carbons (Fsp3) is 0.444. The average molecular weight is 232 g/mol. The lowest BCUT2D eigenvalue weighted by molar-refractivity contribution is -0.559. The Kier molecular flexibility index (Phi) is 3.14. The van der Waals surface area contributed by atoms with Gasteiger partial charge in [-0.3, -0.25) is 14.9 Å². The van der Waals surface area contributed by atoms with E-state index in [1.807, 2.05) is 0 Å². The molecule has 0 fully saturated rings. The van der Waals surface area contributed by atoms with Crippen molar-refractivity contribution in [2.45, 2.75) is 25.5 Å². The van der Waals surface area contributed by atoms with E-state index >= 15 is 0 Å². The third kappa shape index (κ3) is 2.36. The minimum absolute atomic E-state index is 0.320. The standard InChI is InChI=1S/C9H10ClNO4/c1-6(12)15-8-5-7(10)3-4-9(8,2)11(13)14/h3-5,8H,1-2H3. The number of carbonyl (C=O) groups is 1. The Balaban J connectivity index is 3.02. The van der Waals surface area contributed by atoms with E-state index in [2.05, 4.69) is 0 Å². The van der Waals surface area contributed by atoms with E-state index in [0.29, 0.717) is 5.03 Å². The minimum Gasteiger partial charge on any atom is -0.450 e. The van der Waals surface area contributed by atoms with Crippen molar-refractivity contribution in [3.8, 4) is 0 Å². The van der Waals surface area contributed by atoms with Gasteiger partial charge in [0.15, 0.2) is 6.10 Å². The summed E-state index contributed by atoms with van der Waals surface area (Å²) in [6.45, 7) is 2.57. The summed E-state index contributed by atoms with van der Waals surface area (Å²) in [6.07, 6.45) is 3.13. The Morgan fingerprint density at radius 2 is 2.33 bits per heavy atom. The molecule has 0 aromatic heterocycles. The predicted octanol–water partition coefficient (Wildman–Crippen LogP) is 1.65. The van der Waals surface area contributed by atoms with Crippen molar-refractivity contribution in [3.63, 3.8) is 0 Å². The van der Waals surface area contributed by atoms with Crippen LogP contribution in [-0.4, -0.2) is 22.5 Å². The van der Waals surface area contributed by atoms with Gasteiger partial charge in [-0.1, -0.05) is 11.6 Å². The first-order valence-electron chi connectivity index (χ1n) is 4.24. The van der Waals surface area contributed by atoms with Crippen LogP contribution in [0, 0.1) is 10.1 Å². The minimum atomic E-state index is -1.45. The zero-order valence-corrected chi connectivity index (χ0v) is 9.02. The fourth-order valence-electron chi connectivity index (χ4n) is 1.21. The number of nitrogens with zero attached hydrogens (tertiary/aromatic N) is 1. The van der Waals surface area contributed by atoms with E-state index < -0.39 is 22.5 Å². The van der Waals surface area contributed by atoms with Crippen LogP contribution < -0.4 is 0 Å². The Morgan fingerprint density at radius 3 is 2.80 bits per heavy atom. The van der Waals surface area contributed by atoms with Crippen molar-refractivity contribution in [3.05, 3.63) is 33.4 Å². The number of halogens is 1. The van der Waals surface area contributed by atoms with Gasteiger partial charge >= 0.3 is 5.97 Å². The van der Waals surface area contributed by atoms with Crippen LogP contribution in [0.25, 0.3) is 0 Å². The predicted molar refractivity (Wildman–Crippen MR) is 54.0 cm³/mol. The molecular weight excluding hydrogens is 222 g/mol. The van der Waals surface area contributed by atoms with E-state index in [1.165, 1.54) is 32.1 Å². The Bertz CT molecular complexity index is 363. The van der Waals surface area contributed by atoms with Gasteiger partial charge in [-0.15, -0.1) is 0 Å². The van der Waals surface area contributed by atoms with E-state index in [1.54, 1.807) is 0 Å². The lowest BCUT2D eigenvalue weighted by Gasteiger charge is -2.26. The van der Waals surface area contributed by atoms with Crippen LogP contribution in [-0.2, 0) is 9.53 Å². The van der Waals surface area contributed by atoms with Crippen LogP contribution in [0.1, 0.15) is 13.8 Å². The number of esters is 1. The largest absolute Gasteiger partial charge is 0.450 e. The Morgan fingerprint density at radius 1 is 1.73 bits per heavy atom. The number of carbonyl (C=O) groups excluding carboxylic acids is 1. The smallest absolute Gasteiger partial charge is 0.303 e. The number of rotatable bonds is 2. The highest BCUT2D eigenvalue weighted by atomic mass is 35.5. The van der Waals surface area contributed by atoms with Crippen LogP contribution in [0.5, 0.6) is 0 Å². The average Bonchev–Trinajstić information content (AvgIpc) is 2.10. The first kappa shape index (κ1) is 11.7. The van der Waals surface area contributed by atoms with Gasteiger partial charge in [0.2, 0.25) is 0 Å². The second kappa shape index (κ2) is 4.02. The van der Waals surface area contributed by atoms with Crippen molar-refractivity contribution in [2.75, 3.05) is 0 Å². The summed E-state index contributed by atoms with van der Waals surface area (Å²) in [6, 6.07) is 0. The van der Waals surface area contributed by atoms with Crippen LogP contribution in [0.4, 0.5) is 0 Å². The Hall–Kier alpha value is -1.36. The van der Waals surface area contributed by atoms with Gasteiger partial charge < -0.3 is 4.74 Å². The van der Waals surface area contributed by atoms with Crippen molar-refractivity contribution < 1.29 is 14.5 Å². The molecule has 1 aliphatic carbocycles. The maximum absolute atomic E-state index is 10.9. The highest BCUT2D eigenvalue weighted by Gasteiger charge is 2.46. The maximum Gasteiger partial charge on any atom is 0.303 e. The highest BCUT2D eigenvalue weighted by Crippen LogP contribution is 2.28. The van der Waals surface area contributed by atoms with Crippen molar-refractivity contribution in [1.29, 1.82) is 0 Å². The third-order valence-electron chi connectivity index (χ3n) is 2.15. The van der Waals surface area contributed by atoms with Crippen molar-refractivity contribution >= 4 is 17.6 Å². The molecule has 0 saturated carbocycles. The number of nitro groups is 1. The van der Waals surface area contributed by atoms with Gasteiger partial charge in [0.1, 0.15) is 0 Å². The molecule has 82 valence electrons. The molecule has 0 bridgehead atoms. The monoisotopic (exact) mass is 231 g/mol. The number of hydrogen-bond acceptors (Lipinski definition) is 4. The molecule has 0 aromatic carbocycles. The van der Waals surface area contributed by atoms with Crippen LogP contribution >= 0.6 is 11.6 Å². The lowest BCUT2D eigenvalue weighted by Crippen LogP contribution is -2.47. The van der Waals surface area contributed by atoms with Crippen LogP contribution in [0.3, 0.4) is 0 Å². The van der Waals surface area contributed by atoms with Gasteiger partial charge in [0.05, 0.1) is 0 Å². The number of ether oxygens (including phenoxy) is 1. The molecule has 2 atom stereocenters. The zero-order chi connectivity index (χ0) is 11.6. The van der Waals surface area contributed by atoms with Gasteiger partial charge in [0, 0.05) is 23.8 Å². The Labute approximate surface area is 91.5 Å². The lowest BCUT2D eigenvalue weighted by atomic mass is 9.91. The van der Waals surface area contributed by atoms with Gasteiger partial charge in [-0.05, 0) is 18.2 Å². The van der Waals surface area contributed by atoms with Crippen LogP contribution in [0.2, 0.25) is 0 Å². The first-order chi connectivity index (χ1) is 6.86. The molecule has 1 rings (SSSR count). The first-order valence-corrected chi connectivity index (χ1v) is 4.62. The molecule has 15 heavy (non-hydrogen) atoms. The van der Waals surface area contributed by atoms with E-state index in [0.717, 1.165) is 0 Å². The van der Waals surface area contributed by atoms with Gasteiger partial charge in [-0.2, -0.15) is 0 Å². The zero-order valence-electron chi connectivity index (χ0n) is 8.27. The second-order valence-corrected chi connectivity index (χ2v) is 3.83. The normalized spacial score (nSPS) is 29.5. The summed E-state index contributed by atoms with van der Waals surface area (Å²) in [7, 11) is 0. The third-order valence-corrected chi connectivity index (χ3v) is 2.40. The van der Waals surface area contributed by atoms with E-state index in [4.69, 9.17) is 16.3 Å². The summed E-state index contributed by atoms with van der Waals surface area (Å²) in [5.41, 5.74) is -1.45. The van der Waals surface area contributed by atoms with E-state index in [-0.39, 0.29) is 0 Å². The molecule has 0 aromatic rings. The SMILES string of the molecule is CC(=O)OC1C=C(Cl)C=CC1(C)[N+](=O)[O-]. The topological polar surface area (TPSA) is 69.4 Å². The molecular formula is C9H10ClNO4. The second-order valence-electron chi connectivity index (χ2n) is 3.40. The molecule has 0 amide bonds. The molecule has 0 aliphatic heterocycles.